The van der Waals surface area contributed by atoms with Crippen molar-refractivity contribution in [3.63, 3.8) is 0 Å². The summed E-state index contributed by atoms with van der Waals surface area (Å²) in [4.78, 5) is 16.0. The average Bonchev–Trinajstić information content (AvgIpc) is 3.92. The Hall–Kier alpha value is -6.73. The van der Waals surface area contributed by atoms with Gasteiger partial charge < -0.3 is 4.57 Å². The second-order valence-electron chi connectivity index (χ2n) is 14.0. The fraction of sp³-hybridized carbons (Fsp3) is 0. The summed E-state index contributed by atoms with van der Waals surface area (Å²) in [5, 5.41) is 9.74. The first-order valence-corrected chi connectivity index (χ1v) is 20.0. The lowest BCUT2D eigenvalue weighted by Crippen LogP contribution is -2.01. The molecule has 4 nitrogen and oxygen atoms in total. The van der Waals surface area contributed by atoms with E-state index in [2.05, 4.69) is 156 Å². The Kier molecular flexibility index (Phi) is 6.64. The quantitative estimate of drug-likeness (QED) is 0.181. The van der Waals surface area contributed by atoms with Gasteiger partial charge in [-0.3, -0.25) is 0 Å². The Morgan fingerprint density at radius 3 is 1.85 bits per heavy atom. The molecule has 0 amide bonds. The summed E-state index contributed by atoms with van der Waals surface area (Å²) >= 11 is 3.61. The zero-order valence-corrected chi connectivity index (χ0v) is 30.9. The maximum absolute atomic E-state index is 5.42. The molecule has 55 heavy (non-hydrogen) atoms. The summed E-state index contributed by atoms with van der Waals surface area (Å²) in [6.45, 7) is 0. The van der Waals surface area contributed by atoms with Crippen LogP contribution < -0.4 is 0 Å². The average molecular weight is 737 g/mol. The summed E-state index contributed by atoms with van der Waals surface area (Å²) < 4.78 is 7.27. The molecule has 0 saturated carbocycles. The molecule has 0 atom stereocenters. The second kappa shape index (κ2) is 11.9. The number of aromatic nitrogens is 4. The van der Waals surface area contributed by atoms with Crippen LogP contribution in [0.25, 0.3) is 113 Å². The number of nitrogens with zero attached hydrogens (tertiary/aromatic N) is 4. The lowest BCUT2D eigenvalue weighted by molar-refractivity contribution is 1.08. The van der Waals surface area contributed by atoms with Gasteiger partial charge in [0.25, 0.3) is 0 Å². The number of hydrogen-bond acceptors (Lipinski definition) is 5. The smallest absolute Gasteiger partial charge is 0.165 e. The standard InChI is InChI=1S/C49H28N4S2/c1-2-13-29(14-3-1)47-50-48(37-21-12-20-35-34-18-7-10-23-42(34)55-46(35)37)52-49(51-47)39-27-32(28-44-45(39)36-19-8-11-24-43(36)54-44)53-40-22-9-6-17-33(40)38-25-30-15-4-5-16-31(30)26-41(38)53/h1-28H. The van der Waals surface area contributed by atoms with Gasteiger partial charge in [0.1, 0.15) is 0 Å². The highest BCUT2D eigenvalue weighted by Crippen LogP contribution is 2.44. The normalized spacial score (nSPS) is 12.0. The molecule has 12 rings (SSSR count). The predicted molar refractivity (Wildman–Crippen MR) is 234 cm³/mol. The highest BCUT2D eigenvalue weighted by Gasteiger charge is 2.22. The monoisotopic (exact) mass is 736 g/mol. The first-order valence-electron chi connectivity index (χ1n) is 18.4. The zero-order chi connectivity index (χ0) is 36.0. The van der Waals surface area contributed by atoms with Gasteiger partial charge in [0.05, 0.1) is 11.0 Å². The van der Waals surface area contributed by atoms with Crippen LogP contribution in [-0.4, -0.2) is 19.5 Å². The van der Waals surface area contributed by atoms with Crippen molar-refractivity contribution in [1.82, 2.24) is 19.5 Å². The van der Waals surface area contributed by atoms with E-state index in [0.717, 1.165) is 33.3 Å². The van der Waals surface area contributed by atoms with E-state index >= 15 is 0 Å². The molecule has 0 bridgehead atoms. The van der Waals surface area contributed by atoms with Crippen molar-refractivity contribution in [2.24, 2.45) is 0 Å². The van der Waals surface area contributed by atoms with Gasteiger partial charge in [-0.15, -0.1) is 22.7 Å². The fourth-order valence-corrected chi connectivity index (χ4v) is 10.7. The van der Waals surface area contributed by atoms with E-state index in [9.17, 15) is 0 Å². The lowest BCUT2D eigenvalue weighted by atomic mass is 10.0. The van der Waals surface area contributed by atoms with E-state index in [-0.39, 0.29) is 0 Å². The predicted octanol–water partition coefficient (Wildman–Crippen LogP) is 13.9. The SMILES string of the molecule is c1ccc(-c2nc(-c3cccc4c3sc3ccccc34)nc(-c3cc(-n4c5ccccc5c5cc6ccccc6cc54)cc4sc5ccccc5c34)n2)cc1. The van der Waals surface area contributed by atoms with Gasteiger partial charge >= 0.3 is 0 Å². The number of para-hydroxylation sites is 1. The molecular weight excluding hydrogens is 709 g/mol. The van der Waals surface area contributed by atoms with Crippen LogP contribution in [0.5, 0.6) is 0 Å². The molecule has 6 heteroatoms. The van der Waals surface area contributed by atoms with E-state index in [4.69, 9.17) is 15.0 Å². The molecule has 4 aromatic heterocycles. The van der Waals surface area contributed by atoms with Gasteiger partial charge in [-0.2, -0.15) is 0 Å². The van der Waals surface area contributed by atoms with Gasteiger partial charge in [-0.25, -0.2) is 15.0 Å². The van der Waals surface area contributed by atoms with Crippen molar-refractivity contribution in [1.29, 1.82) is 0 Å². The molecule has 256 valence electrons. The fourth-order valence-electron chi connectivity index (χ4n) is 8.34. The molecule has 0 aliphatic carbocycles. The van der Waals surface area contributed by atoms with E-state index in [1.54, 1.807) is 11.3 Å². The van der Waals surface area contributed by atoms with Crippen molar-refractivity contribution in [2.45, 2.75) is 0 Å². The van der Waals surface area contributed by atoms with E-state index in [0.29, 0.717) is 17.5 Å². The van der Waals surface area contributed by atoms with Crippen LogP contribution in [0.4, 0.5) is 0 Å². The van der Waals surface area contributed by atoms with Gasteiger partial charge in [0.15, 0.2) is 17.5 Å². The summed E-state index contributed by atoms with van der Waals surface area (Å²) in [5.74, 6) is 1.98. The van der Waals surface area contributed by atoms with Crippen molar-refractivity contribution in [3.05, 3.63) is 170 Å². The highest BCUT2D eigenvalue weighted by atomic mass is 32.1. The number of benzene rings is 8. The molecule has 0 spiro atoms. The van der Waals surface area contributed by atoms with Crippen LogP contribution >= 0.6 is 22.7 Å². The molecule has 0 radical (unpaired) electrons. The number of thiophene rings is 2. The number of hydrogen-bond donors (Lipinski definition) is 0. The molecule has 4 heterocycles. The van der Waals surface area contributed by atoms with Gasteiger partial charge in [-0.05, 0) is 59.3 Å². The topological polar surface area (TPSA) is 43.6 Å². The highest BCUT2D eigenvalue weighted by molar-refractivity contribution is 7.26. The van der Waals surface area contributed by atoms with Crippen molar-refractivity contribution >= 4 is 95.6 Å². The maximum atomic E-state index is 5.42. The maximum Gasteiger partial charge on any atom is 0.165 e. The Labute approximate surface area is 323 Å². The Morgan fingerprint density at radius 2 is 1.02 bits per heavy atom. The first-order chi connectivity index (χ1) is 27.2. The van der Waals surface area contributed by atoms with Crippen LogP contribution in [0.3, 0.4) is 0 Å². The third-order valence-corrected chi connectivity index (χ3v) is 13.2. The number of fused-ring (bicyclic) bond motifs is 10. The minimum atomic E-state index is 0.653. The van der Waals surface area contributed by atoms with Gasteiger partial charge in [0.2, 0.25) is 0 Å². The Balaban J connectivity index is 1.19. The van der Waals surface area contributed by atoms with Crippen LogP contribution in [0, 0.1) is 0 Å². The van der Waals surface area contributed by atoms with Crippen LogP contribution in [0.15, 0.2) is 170 Å². The van der Waals surface area contributed by atoms with Crippen LogP contribution in [0.2, 0.25) is 0 Å². The Morgan fingerprint density at radius 1 is 0.382 bits per heavy atom. The minimum Gasteiger partial charge on any atom is -0.309 e. The number of rotatable bonds is 4. The summed E-state index contributed by atoms with van der Waals surface area (Å²) in [5.41, 5.74) is 6.36. The van der Waals surface area contributed by atoms with Crippen molar-refractivity contribution in [3.8, 4) is 39.9 Å². The lowest BCUT2D eigenvalue weighted by Gasteiger charge is -2.14. The van der Waals surface area contributed by atoms with E-state index in [1.807, 2.05) is 29.5 Å². The molecule has 0 aliphatic rings. The van der Waals surface area contributed by atoms with Crippen molar-refractivity contribution in [2.75, 3.05) is 0 Å². The first kappa shape index (κ1) is 30.7. The molecule has 0 fully saturated rings. The Bertz CT molecular complexity index is 3500. The van der Waals surface area contributed by atoms with Crippen molar-refractivity contribution < 1.29 is 0 Å². The van der Waals surface area contributed by atoms with Gasteiger partial charge in [-0.1, -0.05) is 121 Å². The molecule has 0 unspecified atom stereocenters. The molecular formula is C49H28N4S2. The van der Waals surface area contributed by atoms with Crippen LogP contribution in [-0.2, 0) is 0 Å². The van der Waals surface area contributed by atoms with Gasteiger partial charge in [0, 0.05) is 73.5 Å². The zero-order valence-electron chi connectivity index (χ0n) is 29.3. The minimum absolute atomic E-state index is 0.653. The summed E-state index contributed by atoms with van der Waals surface area (Å²) in [7, 11) is 0. The summed E-state index contributed by atoms with van der Waals surface area (Å²) in [6.07, 6.45) is 0. The molecule has 0 aliphatic heterocycles. The molecule has 0 saturated heterocycles. The largest absolute Gasteiger partial charge is 0.309 e. The van der Waals surface area contributed by atoms with E-state index in [1.165, 1.54) is 62.0 Å². The molecule has 8 aromatic carbocycles. The third kappa shape index (κ3) is 4.72. The molecule has 12 aromatic rings. The third-order valence-electron chi connectivity index (χ3n) is 10.8. The summed E-state index contributed by atoms with van der Waals surface area (Å²) in [6, 6.07) is 60.7. The molecule has 0 N–H and O–H groups in total. The van der Waals surface area contributed by atoms with Crippen LogP contribution in [0.1, 0.15) is 0 Å². The van der Waals surface area contributed by atoms with E-state index < -0.39 is 0 Å². The second-order valence-corrected chi connectivity index (χ2v) is 16.1.